The van der Waals surface area contributed by atoms with Crippen LogP contribution in [-0.2, 0) is 10.0 Å². The zero-order valence-corrected chi connectivity index (χ0v) is 17.5. The van der Waals surface area contributed by atoms with E-state index in [2.05, 4.69) is 10.0 Å². The van der Waals surface area contributed by atoms with Crippen LogP contribution >= 0.6 is 11.3 Å². The molecular formula is C18H23N3O4S2. The first kappa shape index (κ1) is 21.1. The zero-order chi connectivity index (χ0) is 20.6. The summed E-state index contributed by atoms with van der Waals surface area (Å²) in [6.07, 6.45) is 0. The molecule has 0 aliphatic heterocycles. The normalized spacial score (nSPS) is 12.0. The molecule has 2 rings (SSSR count). The number of amides is 2. The molecule has 0 bridgehead atoms. The van der Waals surface area contributed by atoms with Gasteiger partial charge in [-0.25, -0.2) is 13.1 Å². The third-order valence-corrected chi connectivity index (χ3v) is 6.62. The molecule has 0 unspecified atom stereocenters. The smallest absolute Gasteiger partial charge is 0.256 e. The zero-order valence-electron chi connectivity index (χ0n) is 15.8. The fourth-order valence-electron chi connectivity index (χ4n) is 2.43. The van der Waals surface area contributed by atoms with E-state index in [9.17, 15) is 18.0 Å². The number of rotatable bonds is 5. The molecule has 1 heterocycles. The van der Waals surface area contributed by atoms with Crippen molar-refractivity contribution in [2.75, 3.05) is 5.32 Å². The van der Waals surface area contributed by atoms with Crippen molar-refractivity contribution < 1.29 is 18.0 Å². The summed E-state index contributed by atoms with van der Waals surface area (Å²) in [5, 5.41) is 3.06. The van der Waals surface area contributed by atoms with Crippen molar-refractivity contribution >= 4 is 38.2 Å². The molecule has 0 fully saturated rings. The van der Waals surface area contributed by atoms with Crippen LogP contribution in [0.1, 0.15) is 51.9 Å². The summed E-state index contributed by atoms with van der Waals surface area (Å²) in [5.41, 5.74) is 6.08. The van der Waals surface area contributed by atoms with E-state index < -0.39 is 27.4 Å². The Morgan fingerprint density at radius 2 is 1.63 bits per heavy atom. The molecule has 0 saturated carbocycles. The lowest BCUT2D eigenvalue weighted by molar-refractivity contribution is 0.100. The lowest BCUT2D eigenvalue weighted by Gasteiger charge is -2.20. The second kappa shape index (κ2) is 7.41. The van der Waals surface area contributed by atoms with Gasteiger partial charge < -0.3 is 11.1 Å². The monoisotopic (exact) mass is 409 g/mol. The van der Waals surface area contributed by atoms with E-state index in [1.807, 2.05) is 6.92 Å². The van der Waals surface area contributed by atoms with Gasteiger partial charge in [0.2, 0.25) is 10.0 Å². The Bertz CT molecular complexity index is 985. The molecule has 0 radical (unpaired) electrons. The number of anilines is 1. The maximum Gasteiger partial charge on any atom is 0.256 e. The van der Waals surface area contributed by atoms with Gasteiger partial charge in [0.05, 0.1) is 10.5 Å². The quantitative estimate of drug-likeness (QED) is 0.703. The molecule has 0 aliphatic carbocycles. The van der Waals surface area contributed by atoms with Gasteiger partial charge in [-0.3, -0.25) is 9.59 Å². The number of thiophene rings is 1. The van der Waals surface area contributed by atoms with Gasteiger partial charge in [-0.2, -0.15) is 0 Å². The van der Waals surface area contributed by atoms with Crippen molar-refractivity contribution in [3.05, 3.63) is 45.8 Å². The molecule has 1 aromatic heterocycles. The molecule has 0 saturated heterocycles. The number of primary amides is 1. The average molecular weight is 410 g/mol. The Hall–Kier alpha value is -2.23. The summed E-state index contributed by atoms with van der Waals surface area (Å²) in [6.45, 7) is 8.84. The molecule has 2 aromatic rings. The van der Waals surface area contributed by atoms with Crippen LogP contribution in [0.2, 0.25) is 0 Å². The number of carbonyl (C=O) groups is 2. The van der Waals surface area contributed by atoms with E-state index in [1.54, 1.807) is 27.7 Å². The van der Waals surface area contributed by atoms with Crippen LogP contribution in [0.15, 0.2) is 29.2 Å². The molecule has 7 nitrogen and oxygen atoms in total. The largest absolute Gasteiger partial charge is 0.365 e. The molecule has 0 atom stereocenters. The number of aryl methyl sites for hydroxylation is 1. The second-order valence-corrected chi connectivity index (χ2v) is 10.1. The van der Waals surface area contributed by atoms with Gasteiger partial charge in [0, 0.05) is 16.0 Å². The summed E-state index contributed by atoms with van der Waals surface area (Å²) in [5.74, 6) is -1.06. The fraction of sp³-hybridized carbons (Fsp3) is 0.333. The highest BCUT2D eigenvalue weighted by Gasteiger charge is 2.23. The molecule has 1 aromatic carbocycles. The van der Waals surface area contributed by atoms with Crippen LogP contribution in [0.4, 0.5) is 5.00 Å². The molecular weight excluding hydrogens is 386 g/mol. The van der Waals surface area contributed by atoms with Gasteiger partial charge >= 0.3 is 0 Å². The summed E-state index contributed by atoms with van der Waals surface area (Å²) in [7, 11) is -3.68. The van der Waals surface area contributed by atoms with Crippen molar-refractivity contribution in [1.29, 1.82) is 0 Å². The molecule has 4 N–H and O–H groups in total. The van der Waals surface area contributed by atoms with E-state index in [0.29, 0.717) is 10.6 Å². The molecule has 146 valence electrons. The maximum absolute atomic E-state index is 12.5. The number of carbonyl (C=O) groups excluding carboxylic acids is 2. The van der Waals surface area contributed by atoms with Gasteiger partial charge in [-0.15, -0.1) is 11.3 Å². The Balaban J connectivity index is 2.25. The number of nitrogens with one attached hydrogen (secondary N) is 2. The number of hydrogen-bond donors (Lipinski definition) is 3. The van der Waals surface area contributed by atoms with Crippen LogP contribution in [0.25, 0.3) is 0 Å². The molecule has 9 heteroatoms. The van der Waals surface area contributed by atoms with Gasteiger partial charge in [0.25, 0.3) is 11.8 Å². The number of benzene rings is 1. The highest BCUT2D eigenvalue weighted by molar-refractivity contribution is 7.89. The Morgan fingerprint density at radius 1 is 1.07 bits per heavy atom. The van der Waals surface area contributed by atoms with Gasteiger partial charge in [-0.1, -0.05) is 0 Å². The Morgan fingerprint density at radius 3 is 2.11 bits per heavy atom. The Kier molecular flexibility index (Phi) is 5.79. The van der Waals surface area contributed by atoms with E-state index >= 15 is 0 Å². The summed E-state index contributed by atoms with van der Waals surface area (Å²) < 4.78 is 27.2. The predicted molar refractivity (Wildman–Crippen MR) is 107 cm³/mol. The summed E-state index contributed by atoms with van der Waals surface area (Å²) >= 11 is 1.27. The topological polar surface area (TPSA) is 118 Å². The van der Waals surface area contributed by atoms with Crippen molar-refractivity contribution in [2.45, 2.75) is 45.1 Å². The third-order valence-electron chi connectivity index (χ3n) is 3.73. The molecule has 2 amide bonds. The van der Waals surface area contributed by atoms with Crippen LogP contribution in [0.3, 0.4) is 0 Å². The minimum atomic E-state index is -3.68. The molecule has 0 spiro atoms. The molecule has 27 heavy (non-hydrogen) atoms. The SMILES string of the molecule is Cc1sc(NC(=O)c2ccc(S(=O)(=O)NC(C)(C)C)cc2)c(C(N)=O)c1C. The highest BCUT2D eigenvalue weighted by Crippen LogP contribution is 2.32. The van der Waals surface area contributed by atoms with Gasteiger partial charge in [0.15, 0.2) is 0 Å². The fourth-order valence-corrected chi connectivity index (χ4v) is 4.91. The van der Waals surface area contributed by atoms with Gasteiger partial charge in [-0.05, 0) is 64.4 Å². The number of nitrogens with two attached hydrogens (primary N) is 1. The minimum Gasteiger partial charge on any atom is -0.365 e. The number of sulfonamides is 1. The van der Waals surface area contributed by atoms with Crippen LogP contribution in [0.5, 0.6) is 0 Å². The minimum absolute atomic E-state index is 0.0645. The van der Waals surface area contributed by atoms with Crippen LogP contribution < -0.4 is 15.8 Å². The second-order valence-electron chi connectivity index (χ2n) is 7.19. The first-order chi connectivity index (χ1) is 12.3. The highest BCUT2D eigenvalue weighted by atomic mass is 32.2. The number of hydrogen-bond acceptors (Lipinski definition) is 5. The first-order valence-corrected chi connectivity index (χ1v) is 10.5. The van der Waals surface area contributed by atoms with Gasteiger partial charge in [0.1, 0.15) is 5.00 Å². The summed E-state index contributed by atoms with van der Waals surface area (Å²) in [4.78, 5) is 25.1. The van der Waals surface area contributed by atoms with Crippen LogP contribution in [0, 0.1) is 13.8 Å². The van der Waals surface area contributed by atoms with E-state index in [1.165, 1.54) is 35.6 Å². The van der Waals surface area contributed by atoms with Crippen LogP contribution in [-0.4, -0.2) is 25.8 Å². The predicted octanol–water partition coefficient (Wildman–Crippen LogP) is 2.79. The van der Waals surface area contributed by atoms with Crippen molar-refractivity contribution in [1.82, 2.24) is 4.72 Å². The van der Waals surface area contributed by atoms with Crippen molar-refractivity contribution in [3.8, 4) is 0 Å². The first-order valence-electron chi connectivity index (χ1n) is 8.17. The summed E-state index contributed by atoms with van der Waals surface area (Å²) in [6, 6.07) is 5.57. The van der Waals surface area contributed by atoms with E-state index in [-0.39, 0.29) is 10.5 Å². The average Bonchev–Trinajstić information content (AvgIpc) is 2.79. The third kappa shape index (κ3) is 4.94. The lowest BCUT2D eigenvalue weighted by atomic mass is 10.1. The van der Waals surface area contributed by atoms with E-state index in [4.69, 9.17) is 5.73 Å². The Labute approximate surface area is 163 Å². The van der Waals surface area contributed by atoms with E-state index in [0.717, 1.165) is 10.4 Å². The standard InChI is InChI=1S/C18H23N3O4S2/c1-10-11(2)26-17(14(10)15(19)22)20-16(23)12-6-8-13(9-7-12)27(24,25)21-18(3,4)5/h6-9,21H,1-5H3,(H2,19,22)(H,20,23). The van der Waals surface area contributed by atoms with Crippen molar-refractivity contribution in [2.24, 2.45) is 5.73 Å². The maximum atomic E-state index is 12.5. The van der Waals surface area contributed by atoms with Crippen molar-refractivity contribution in [3.63, 3.8) is 0 Å². The lowest BCUT2D eigenvalue weighted by Crippen LogP contribution is -2.40. The molecule has 0 aliphatic rings.